The van der Waals surface area contributed by atoms with Crippen LogP contribution in [0, 0.1) is 11.8 Å². The van der Waals surface area contributed by atoms with Gasteiger partial charge in [-0.2, -0.15) is 0 Å². The minimum Gasteiger partial charge on any atom is -0.449 e. The van der Waals surface area contributed by atoms with E-state index in [4.69, 9.17) is 9.84 Å². The third-order valence-corrected chi connectivity index (χ3v) is 6.33. The fourth-order valence-electron chi connectivity index (χ4n) is 4.27. The predicted molar refractivity (Wildman–Crippen MR) is 151 cm³/mol. The molecule has 0 aliphatic heterocycles. The van der Waals surface area contributed by atoms with Crippen LogP contribution in [0.2, 0.25) is 0 Å². The second kappa shape index (κ2) is 19.9. The molecule has 2 amide bonds. The van der Waals surface area contributed by atoms with Crippen LogP contribution in [0.4, 0.5) is 21.0 Å². The van der Waals surface area contributed by atoms with Gasteiger partial charge < -0.3 is 9.84 Å². The van der Waals surface area contributed by atoms with Gasteiger partial charge in [0, 0.05) is 18.0 Å². The van der Waals surface area contributed by atoms with E-state index in [0.717, 1.165) is 5.69 Å². The lowest BCUT2D eigenvalue weighted by Crippen LogP contribution is -2.20. The van der Waals surface area contributed by atoms with Gasteiger partial charge in [0.2, 0.25) is 0 Å². The molecular formula is C30H45N2O5+. The number of nitrogens with one attached hydrogen (secondary N) is 2. The maximum absolute atomic E-state index is 11.5. The first-order valence-corrected chi connectivity index (χ1v) is 13.0. The van der Waals surface area contributed by atoms with Crippen LogP contribution in [0.5, 0.6) is 0 Å². The number of aliphatic hydroxyl groups is 1. The van der Waals surface area contributed by atoms with Gasteiger partial charge in [-0.3, -0.25) is 9.74 Å². The molecule has 0 atom stereocenters. The van der Waals surface area contributed by atoms with Gasteiger partial charge in [-0.15, -0.1) is 0 Å². The number of aliphatic hydroxyl groups excluding tert-OH is 1. The Morgan fingerprint density at radius 1 is 0.784 bits per heavy atom. The Morgan fingerprint density at radius 3 is 1.68 bits per heavy atom. The molecule has 0 saturated heterocycles. The number of anilines is 2. The Balaban J connectivity index is 0.000000296. The number of hydrogen-bond acceptors (Lipinski definition) is 4. The molecule has 0 spiro atoms. The summed E-state index contributed by atoms with van der Waals surface area (Å²) in [6, 6.07) is 18.4. The van der Waals surface area contributed by atoms with E-state index in [1.54, 1.807) is 12.1 Å². The number of amides is 2. The largest absolute Gasteiger partial charge is 0.695 e. The molecule has 37 heavy (non-hydrogen) atoms. The summed E-state index contributed by atoms with van der Waals surface area (Å²) in [6.07, 6.45) is 11.9. The zero-order valence-corrected chi connectivity index (χ0v) is 21.2. The maximum atomic E-state index is 11.5. The van der Waals surface area contributed by atoms with Crippen LogP contribution in [0.3, 0.4) is 0 Å². The summed E-state index contributed by atoms with van der Waals surface area (Å²) in [7, 11) is 0. The van der Waals surface area contributed by atoms with Crippen molar-refractivity contribution in [3.8, 4) is 0 Å². The van der Waals surface area contributed by atoms with Crippen molar-refractivity contribution in [2.45, 2.75) is 71.6 Å². The number of hydrogen-bond donors (Lipinski definition) is 3. The number of rotatable bonds is 5. The molecule has 0 heterocycles. The van der Waals surface area contributed by atoms with Crippen molar-refractivity contribution in [3.05, 3.63) is 60.7 Å². The van der Waals surface area contributed by atoms with Crippen LogP contribution in [0.15, 0.2) is 60.7 Å². The first-order chi connectivity index (χ1) is 17.6. The van der Waals surface area contributed by atoms with E-state index in [0.29, 0.717) is 30.7 Å². The summed E-state index contributed by atoms with van der Waals surface area (Å²) < 4.78 is 9.39. The van der Waals surface area contributed by atoms with E-state index in [9.17, 15) is 9.59 Å². The van der Waals surface area contributed by atoms with Crippen molar-refractivity contribution in [2.75, 3.05) is 23.8 Å². The summed E-state index contributed by atoms with van der Waals surface area (Å²) >= 11 is 0. The smallest absolute Gasteiger partial charge is 0.449 e. The Kier molecular flexibility index (Phi) is 17.2. The highest BCUT2D eigenvalue weighted by atomic mass is 16.5. The predicted octanol–water partition coefficient (Wildman–Crippen LogP) is 7.59. The molecule has 4 rings (SSSR count). The van der Waals surface area contributed by atoms with Crippen molar-refractivity contribution < 1.29 is 23.9 Å². The van der Waals surface area contributed by atoms with Crippen molar-refractivity contribution in [2.24, 2.45) is 11.8 Å². The van der Waals surface area contributed by atoms with E-state index in [1.165, 1.54) is 64.2 Å². The maximum Gasteiger partial charge on any atom is 0.695 e. The highest BCUT2D eigenvalue weighted by Gasteiger charge is 2.15. The van der Waals surface area contributed by atoms with Gasteiger partial charge in [-0.05, 0) is 61.8 Å². The Hall–Kier alpha value is -3.19. The van der Waals surface area contributed by atoms with Gasteiger partial charge >= 0.3 is 12.2 Å². The Bertz CT molecular complexity index is 864. The normalized spacial score (nSPS) is 15.3. The third kappa shape index (κ3) is 14.8. The number of carbonyl (C=O) groups is 2. The van der Waals surface area contributed by atoms with Gasteiger partial charge in [-0.25, -0.2) is 10.1 Å². The van der Waals surface area contributed by atoms with Crippen LogP contribution in [-0.4, -0.2) is 37.3 Å². The van der Waals surface area contributed by atoms with Gasteiger partial charge in [0.15, 0.2) is 6.79 Å². The number of para-hydroxylation sites is 2. The molecule has 0 bridgehead atoms. The summed E-state index contributed by atoms with van der Waals surface area (Å²) in [5.41, 5.74) is 1.47. The zero-order chi connectivity index (χ0) is 25.8. The molecule has 0 aromatic heterocycles. The standard InChI is InChI=1S/C14H19NO2.C8H7NO2.C7H14O.CH4/c16-14(15-13-9-5-2-6-10-13)17-11-12-7-3-1-4-8-12;1-11-8(10)9-7-5-3-2-4-6-7;8-6-7-4-2-1-3-5-7;/h2,5-6,9-10,12H,1,3-4,7-8,11H2,(H,15,16);2-6H,1H2;7-8H,1-6H2;1H4/p+1. The molecule has 3 N–H and O–H groups in total. The van der Waals surface area contributed by atoms with Gasteiger partial charge in [0.25, 0.3) is 0 Å². The molecule has 7 heteroatoms. The fourth-order valence-corrected chi connectivity index (χ4v) is 4.27. The summed E-state index contributed by atoms with van der Waals surface area (Å²) in [6.45, 7) is 3.94. The molecule has 2 aromatic carbocycles. The highest BCUT2D eigenvalue weighted by Crippen LogP contribution is 2.24. The molecule has 2 aromatic rings. The number of carbonyl (C=O) groups excluding carboxylic acids is 3. The lowest BCUT2D eigenvalue weighted by atomic mass is 9.90. The quantitative estimate of drug-likeness (QED) is 0.359. The topological polar surface area (TPSA) is 99.0 Å². The Morgan fingerprint density at radius 2 is 1.24 bits per heavy atom. The molecule has 2 fully saturated rings. The summed E-state index contributed by atoms with van der Waals surface area (Å²) in [5.74, 6) is 1.20. The van der Waals surface area contributed by atoms with Crippen molar-refractivity contribution in [1.82, 2.24) is 0 Å². The van der Waals surface area contributed by atoms with Crippen LogP contribution in [0.25, 0.3) is 0 Å². The number of ether oxygens (including phenoxy) is 1. The minimum absolute atomic E-state index is 0. The fraction of sp³-hybridized carbons (Fsp3) is 0.500. The van der Waals surface area contributed by atoms with Crippen molar-refractivity contribution in [1.29, 1.82) is 0 Å². The van der Waals surface area contributed by atoms with E-state index in [1.807, 2.05) is 48.5 Å². The van der Waals surface area contributed by atoms with Gasteiger partial charge in [0.05, 0.1) is 11.4 Å². The third-order valence-electron chi connectivity index (χ3n) is 6.33. The lowest BCUT2D eigenvalue weighted by Gasteiger charge is -2.21. The molecule has 2 aliphatic carbocycles. The molecule has 0 radical (unpaired) electrons. The van der Waals surface area contributed by atoms with E-state index < -0.39 is 6.09 Å². The van der Waals surface area contributed by atoms with Crippen molar-refractivity contribution >= 4 is 30.4 Å². The second-order valence-electron chi connectivity index (χ2n) is 9.20. The first-order valence-electron chi connectivity index (χ1n) is 13.0. The zero-order valence-electron chi connectivity index (χ0n) is 21.2. The van der Waals surface area contributed by atoms with E-state index in [-0.39, 0.29) is 13.5 Å². The molecule has 2 saturated carbocycles. The highest BCUT2D eigenvalue weighted by molar-refractivity contribution is 5.84. The average molecular weight is 514 g/mol. The summed E-state index contributed by atoms with van der Waals surface area (Å²) in [4.78, 5) is 22.1. The first kappa shape index (κ1) is 31.8. The van der Waals surface area contributed by atoms with Crippen molar-refractivity contribution in [3.63, 3.8) is 0 Å². The van der Waals surface area contributed by atoms with E-state index >= 15 is 0 Å². The van der Waals surface area contributed by atoms with Crippen LogP contribution in [-0.2, 0) is 9.16 Å². The number of benzene rings is 2. The monoisotopic (exact) mass is 513 g/mol. The van der Waals surface area contributed by atoms with Gasteiger partial charge in [0.1, 0.15) is 0 Å². The molecular weight excluding hydrogens is 468 g/mol. The van der Waals surface area contributed by atoms with Crippen LogP contribution in [0.1, 0.15) is 71.6 Å². The SMILES string of the molecule is C.C=[O+]C(=O)Nc1ccccc1.O=C(Nc1ccccc1)OCC1CCCCC1.OCC1CCCCC1. The molecule has 0 unspecified atom stereocenters. The minimum atomic E-state index is -0.559. The Labute approximate surface area is 222 Å². The molecule has 2 aliphatic rings. The van der Waals surface area contributed by atoms with E-state index in [2.05, 4.69) is 21.8 Å². The molecule has 204 valence electrons. The van der Waals surface area contributed by atoms with Gasteiger partial charge in [-0.1, -0.05) is 82.3 Å². The average Bonchev–Trinajstić information content (AvgIpc) is 2.95. The van der Waals surface area contributed by atoms with Crippen LogP contribution < -0.4 is 10.6 Å². The lowest BCUT2D eigenvalue weighted by molar-refractivity contribution is -0.325. The summed E-state index contributed by atoms with van der Waals surface area (Å²) in [5, 5.41) is 13.9. The van der Waals surface area contributed by atoms with Crippen LogP contribution >= 0.6 is 0 Å². The second-order valence-corrected chi connectivity index (χ2v) is 9.20. The molecule has 7 nitrogen and oxygen atoms in total.